The molecule has 2 saturated heterocycles. The number of benzene rings is 1. The van der Waals surface area contributed by atoms with Crippen LogP contribution in [0.4, 0.5) is 5.69 Å². The first-order valence-electron chi connectivity index (χ1n) is 9.33. The average Bonchev–Trinajstić information content (AvgIpc) is 3.18. The van der Waals surface area contributed by atoms with E-state index in [0.717, 1.165) is 62.3 Å². The fourth-order valence-electron chi connectivity index (χ4n) is 3.51. The molecule has 1 aromatic rings. The third kappa shape index (κ3) is 5.05. The van der Waals surface area contributed by atoms with Gasteiger partial charge in [0.15, 0.2) is 0 Å². The van der Waals surface area contributed by atoms with Crippen molar-refractivity contribution in [3.63, 3.8) is 0 Å². The molecule has 2 aliphatic heterocycles. The van der Waals surface area contributed by atoms with E-state index in [1.165, 1.54) is 0 Å². The van der Waals surface area contributed by atoms with Crippen LogP contribution in [0.1, 0.15) is 19.8 Å². The van der Waals surface area contributed by atoms with Crippen LogP contribution in [-0.4, -0.2) is 78.4 Å². The van der Waals surface area contributed by atoms with Crippen molar-refractivity contribution in [2.75, 3.05) is 51.1 Å². The van der Waals surface area contributed by atoms with Crippen molar-refractivity contribution in [3.05, 3.63) is 28.7 Å². The van der Waals surface area contributed by atoms with Gasteiger partial charge in [0, 0.05) is 49.4 Å². The summed E-state index contributed by atoms with van der Waals surface area (Å²) < 4.78 is 0.989. The number of carbonyl (C=O) groups is 2. The minimum atomic E-state index is -0.185. The predicted molar refractivity (Wildman–Crippen MR) is 106 cm³/mol. The van der Waals surface area contributed by atoms with Crippen molar-refractivity contribution in [2.24, 2.45) is 0 Å². The van der Waals surface area contributed by atoms with E-state index >= 15 is 0 Å². The number of rotatable bonds is 5. The lowest BCUT2D eigenvalue weighted by Crippen LogP contribution is -2.54. The molecule has 7 heteroatoms. The highest BCUT2D eigenvalue weighted by Crippen LogP contribution is 2.16. The molecule has 0 bridgehead atoms. The van der Waals surface area contributed by atoms with E-state index in [4.69, 9.17) is 0 Å². The van der Waals surface area contributed by atoms with E-state index in [9.17, 15) is 9.59 Å². The molecule has 142 valence electrons. The van der Waals surface area contributed by atoms with Crippen molar-refractivity contribution in [2.45, 2.75) is 25.8 Å². The Morgan fingerprint density at radius 2 is 1.65 bits per heavy atom. The number of likely N-dealkylation sites (tertiary alicyclic amines) is 1. The molecule has 1 N–H and O–H groups in total. The maximum atomic E-state index is 12.5. The van der Waals surface area contributed by atoms with E-state index in [0.29, 0.717) is 6.54 Å². The first-order chi connectivity index (χ1) is 12.5. The standard InChI is InChI=1S/C19H27BrN4O2/c1-15(19(26)21-17-6-4-16(20)5-7-17)23-12-10-22(11-13-23)14-18(25)24-8-2-3-9-24/h4-7,15H,2-3,8-14H2,1H3,(H,21,26)/t15-/m0/s1. The van der Waals surface area contributed by atoms with Crippen LogP contribution < -0.4 is 5.32 Å². The fraction of sp³-hybridized carbons (Fsp3) is 0.579. The summed E-state index contributed by atoms with van der Waals surface area (Å²) in [5.74, 6) is 0.255. The van der Waals surface area contributed by atoms with Gasteiger partial charge in [-0.15, -0.1) is 0 Å². The van der Waals surface area contributed by atoms with Crippen LogP contribution in [0.15, 0.2) is 28.7 Å². The molecule has 0 saturated carbocycles. The zero-order valence-corrected chi connectivity index (χ0v) is 16.9. The third-order valence-electron chi connectivity index (χ3n) is 5.26. The van der Waals surface area contributed by atoms with Gasteiger partial charge < -0.3 is 10.2 Å². The molecule has 0 aliphatic carbocycles. The number of amides is 2. The molecule has 2 aliphatic rings. The maximum Gasteiger partial charge on any atom is 0.241 e. The van der Waals surface area contributed by atoms with E-state index < -0.39 is 0 Å². The molecular weight excluding hydrogens is 396 g/mol. The SMILES string of the molecule is C[C@@H](C(=O)Nc1ccc(Br)cc1)N1CCN(CC(=O)N2CCCC2)CC1. The Morgan fingerprint density at radius 3 is 2.27 bits per heavy atom. The summed E-state index contributed by atoms with van der Waals surface area (Å²) >= 11 is 3.39. The highest BCUT2D eigenvalue weighted by Gasteiger charge is 2.27. The Kier molecular flexibility index (Phi) is 6.67. The van der Waals surface area contributed by atoms with Gasteiger partial charge in [-0.25, -0.2) is 0 Å². The summed E-state index contributed by atoms with van der Waals surface area (Å²) in [6.07, 6.45) is 2.26. The molecule has 1 aromatic carbocycles. The molecule has 6 nitrogen and oxygen atoms in total. The van der Waals surface area contributed by atoms with Gasteiger partial charge in [0.05, 0.1) is 12.6 Å². The minimum absolute atomic E-state index is 0.00826. The second-order valence-electron chi connectivity index (χ2n) is 7.07. The second kappa shape index (κ2) is 8.97. The van der Waals surface area contributed by atoms with Crippen LogP contribution >= 0.6 is 15.9 Å². The number of halogens is 1. The van der Waals surface area contributed by atoms with Crippen LogP contribution in [0.2, 0.25) is 0 Å². The highest BCUT2D eigenvalue weighted by atomic mass is 79.9. The number of hydrogen-bond donors (Lipinski definition) is 1. The average molecular weight is 423 g/mol. The Bertz CT molecular complexity index is 623. The minimum Gasteiger partial charge on any atom is -0.342 e. The smallest absolute Gasteiger partial charge is 0.241 e. The van der Waals surface area contributed by atoms with Gasteiger partial charge >= 0.3 is 0 Å². The Morgan fingerprint density at radius 1 is 1.04 bits per heavy atom. The van der Waals surface area contributed by atoms with Gasteiger partial charge in [-0.1, -0.05) is 15.9 Å². The summed E-state index contributed by atoms with van der Waals surface area (Å²) in [5, 5.41) is 2.97. The van der Waals surface area contributed by atoms with E-state index in [1.807, 2.05) is 36.1 Å². The lowest BCUT2D eigenvalue weighted by Gasteiger charge is -2.37. The van der Waals surface area contributed by atoms with Crippen molar-refractivity contribution < 1.29 is 9.59 Å². The summed E-state index contributed by atoms with van der Waals surface area (Å²) in [6, 6.07) is 7.41. The van der Waals surface area contributed by atoms with E-state index in [2.05, 4.69) is 31.0 Å². The van der Waals surface area contributed by atoms with Crippen molar-refractivity contribution in [1.29, 1.82) is 0 Å². The Balaban J connectivity index is 1.43. The maximum absolute atomic E-state index is 12.5. The van der Waals surface area contributed by atoms with E-state index in [1.54, 1.807) is 0 Å². The second-order valence-corrected chi connectivity index (χ2v) is 7.99. The van der Waals surface area contributed by atoms with E-state index in [-0.39, 0.29) is 17.9 Å². The first-order valence-corrected chi connectivity index (χ1v) is 10.1. The molecule has 0 spiro atoms. The third-order valence-corrected chi connectivity index (χ3v) is 5.79. The summed E-state index contributed by atoms with van der Waals surface area (Å²) in [7, 11) is 0. The first kappa shape index (κ1) is 19.3. The molecule has 1 atom stereocenters. The van der Waals surface area contributed by atoms with Gasteiger partial charge in [0.25, 0.3) is 0 Å². The van der Waals surface area contributed by atoms with Crippen molar-refractivity contribution in [3.8, 4) is 0 Å². The number of anilines is 1. The number of hydrogen-bond acceptors (Lipinski definition) is 4. The van der Waals surface area contributed by atoms with Crippen LogP contribution in [0.3, 0.4) is 0 Å². The molecule has 0 unspecified atom stereocenters. The molecule has 26 heavy (non-hydrogen) atoms. The number of nitrogens with one attached hydrogen (secondary N) is 1. The van der Waals surface area contributed by atoms with Gasteiger partial charge in [0.2, 0.25) is 11.8 Å². The fourth-order valence-corrected chi connectivity index (χ4v) is 3.78. The number of carbonyl (C=O) groups excluding carboxylic acids is 2. The number of piperazine rings is 1. The molecule has 0 aromatic heterocycles. The highest BCUT2D eigenvalue weighted by molar-refractivity contribution is 9.10. The van der Waals surface area contributed by atoms with Gasteiger partial charge in [-0.2, -0.15) is 0 Å². The summed E-state index contributed by atoms with van der Waals surface area (Å²) in [5.41, 5.74) is 0.805. The normalized spacial score (nSPS) is 20.2. The topological polar surface area (TPSA) is 55.9 Å². The van der Waals surface area contributed by atoms with Crippen molar-refractivity contribution >= 4 is 33.4 Å². The Labute approximate surface area is 163 Å². The molecule has 2 fully saturated rings. The quantitative estimate of drug-likeness (QED) is 0.788. The Hall–Kier alpha value is -1.44. The van der Waals surface area contributed by atoms with Crippen LogP contribution in [0.25, 0.3) is 0 Å². The molecule has 2 heterocycles. The number of nitrogens with zero attached hydrogens (tertiary/aromatic N) is 3. The predicted octanol–water partition coefficient (Wildman–Crippen LogP) is 2.02. The lowest BCUT2D eigenvalue weighted by atomic mass is 10.2. The lowest BCUT2D eigenvalue weighted by molar-refractivity contribution is -0.132. The zero-order valence-electron chi connectivity index (χ0n) is 15.3. The molecule has 2 amide bonds. The van der Waals surface area contributed by atoms with Crippen LogP contribution in [-0.2, 0) is 9.59 Å². The van der Waals surface area contributed by atoms with Gasteiger partial charge in [0.1, 0.15) is 0 Å². The van der Waals surface area contributed by atoms with Gasteiger partial charge in [-0.3, -0.25) is 19.4 Å². The molecule has 3 rings (SSSR count). The summed E-state index contributed by atoms with van der Waals surface area (Å²) in [4.78, 5) is 31.1. The van der Waals surface area contributed by atoms with Crippen LogP contribution in [0.5, 0.6) is 0 Å². The monoisotopic (exact) mass is 422 g/mol. The van der Waals surface area contributed by atoms with Crippen LogP contribution in [0, 0.1) is 0 Å². The van der Waals surface area contributed by atoms with Crippen molar-refractivity contribution in [1.82, 2.24) is 14.7 Å². The molecule has 0 radical (unpaired) electrons. The molecular formula is C19H27BrN4O2. The largest absolute Gasteiger partial charge is 0.342 e. The van der Waals surface area contributed by atoms with Gasteiger partial charge in [-0.05, 0) is 44.0 Å². The zero-order chi connectivity index (χ0) is 18.5. The summed E-state index contributed by atoms with van der Waals surface area (Å²) in [6.45, 7) is 7.54.